The van der Waals surface area contributed by atoms with E-state index in [1.807, 2.05) is 18.7 Å². The fourth-order valence-electron chi connectivity index (χ4n) is 5.44. The Labute approximate surface area is 245 Å². The highest BCUT2D eigenvalue weighted by Gasteiger charge is 2.40. The van der Waals surface area contributed by atoms with E-state index >= 15 is 0 Å². The third-order valence-corrected chi connectivity index (χ3v) is 7.78. The van der Waals surface area contributed by atoms with Crippen LogP contribution >= 0.6 is 11.6 Å². The fourth-order valence-corrected chi connectivity index (χ4v) is 5.65. The van der Waals surface area contributed by atoms with E-state index in [-0.39, 0.29) is 24.6 Å². The van der Waals surface area contributed by atoms with Crippen LogP contribution in [0.25, 0.3) is 0 Å². The van der Waals surface area contributed by atoms with Crippen molar-refractivity contribution in [3.63, 3.8) is 0 Å². The van der Waals surface area contributed by atoms with Crippen molar-refractivity contribution < 1.29 is 28.6 Å². The molecule has 2 aliphatic heterocycles. The lowest BCUT2D eigenvalue weighted by Crippen LogP contribution is -2.56. The van der Waals surface area contributed by atoms with Gasteiger partial charge in [0.15, 0.2) is 0 Å². The molecule has 2 aliphatic rings. The van der Waals surface area contributed by atoms with E-state index in [1.54, 1.807) is 61.4 Å². The van der Waals surface area contributed by atoms with Gasteiger partial charge in [-0.05, 0) is 51.1 Å². The first-order valence-corrected chi connectivity index (χ1v) is 14.1. The van der Waals surface area contributed by atoms with E-state index < -0.39 is 12.0 Å². The van der Waals surface area contributed by atoms with Gasteiger partial charge in [0.25, 0.3) is 5.91 Å². The molecular weight excluding hydrogens is 548 g/mol. The maximum Gasteiger partial charge on any atom is 0.338 e. The molecule has 220 valence electrons. The van der Waals surface area contributed by atoms with Gasteiger partial charge in [0.2, 0.25) is 0 Å². The first kappa shape index (κ1) is 30.2. The monoisotopic (exact) mass is 584 g/mol. The van der Waals surface area contributed by atoms with Gasteiger partial charge in [0.1, 0.15) is 11.5 Å². The Morgan fingerprint density at radius 3 is 2.46 bits per heavy atom. The number of amides is 3. The number of esters is 1. The van der Waals surface area contributed by atoms with E-state index in [1.165, 1.54) is 7.11 Å². The fraction of sp³-hybridized carbons (Fsp3) is 0.433. The average Bonchev–Trinajstić information content (AvgIpc) is 2.96. The van der Waals surface area contributed by atoms with Crippen molar-refractivity contribution in [2.24, 2.45) is 0 Å². The predicted octanol–water partition coefficient (Wildman–Crippen LogP) is 4.11. The number of hydrogen-bond acceptors (Lipinski definition) is 7. The molecule has 0 saturated carbocycles. The van der Waals surface area contributed by atoms with Crippen LogP contribution < -0.4 is 14.8 Å². The Balaban J connectivity index is 1.69. The number of nitrogens with one attached hydrogen (secondary N) is 1. The van der Waals surface area contributed by atoms with Crippen LogP contribution in [-0.2, 0) is 9.53 Å². The van der Waals surface area contributed by atoms with Crippen molar-refractivity contribution in [2.45, 2.75) is 32.9 Å². The van der Waals surface area contributed by atoms with Crippen molar-refractivity contribution in [1.82, 2.24) is 20.0 Å². The summed E-state index contributed by atoms with van der Waals surface area (Å²) in [5.74, 6) is 0.427. The quantitative estimate of drug-likeness (QED) is 0.443. The van der Waals surface area contributed by atoms with Gasteiger partial charge in [-0.25, -0.2) is 9.59 Å². The minimum Gasteiger partial charge on any atom is -0.497 e. The molecule has 0 aliphatic carbocycles. The Kier molecular flexibility index (Phi) is 9.77. The first-order chi connectivity index (χ1) is 19.7. The molecule has 10 nitrogen and oxygen atoms in total. The van der Waals surface area contributed by atoms with Crippen LogP contribution in [0, 0.1) is 0 Å². The summed E-state index contributed by atoms with van der Waals surface area (Å²) >= 11 is 6.30. The Morgan fingerprint density at radius 1 is 1.07 bits per heavy atom. The van der Waals surface area contributed by atoms with Crippen molar-refractivity contribution in [3.05, 3.63) is 69.9 Å². The van der Waals surface area contributed by atoms with Crippen molar-refractivity contribution in [3.8, 4) is 11.5 Å². The van der Waals surface area contributed by atoms with E-state index in [0.717, 1.165) is 0 Å². The van der Waals surface area contributed by atoms with Crippen LogP contribution in [0.15, 0.2) is 53.7 Å². The topological polar surface area (TPSA) is 101 Å². The second-order valence-corrected chi connectivity index (χ2v) is 10.3. The molecule has 3 amide bonds. The minimum absolute atomic E-state index is 0.119. The number of ether oxygens (including phenoxy) is 3. The van der Waals surface area contributed by atoms with Gasteiger partial charge in [-0.1, -0.05) is 23.7 Å². The standard InChI is InChI=1S/C30H37ClN4O6/c1-6-34-24(18-33-14-15-35(19(3)17-33)28(36)21-10-8-9-11-23(21)31)26(29(37)41-7-2)27(32-30(34)38)22-16-20(39-4)12-13-25(22)40-5/h8-13,16,19,27H,6-7,14-15,17-18H2,1-5H3,(H,32,38). The molecule has 1 saturated heterocycles. The zero-order valence-corrected chi connectivity index (χ0v) is 24.9. The molecule has 2 aromatic rings. The zero-order valence-electron chi connectivity index (χ0n) is 24.1. The van der Waals surface area contributed by atoms with Crippen molar-refractivity contribution in [1.29, 1.82) is 0 Å². The summed E-state index contributed by atoms with van der Waals surface area (Å²) in [6, 6.07) is 11.0. The molecule has 41 heavy (non-hydrogen) atoms. The van der Waals surface area contributed by atoms with Crippen LogP contribution in [0.2, 0.25) is 5.02 Å². The number of urea groups is 1. The lowest BCUT2D eigenvalue weighted by atomic mass is 9.93. The molecule has 2 unspecified atom stereocenters. The molecule has 2 heterocycles. The lowest BCUT2D eigenvalue weighted by molar-refractivity contribution is -0.139. The molecule has 2 aromatic carbocycles. The molecule has 4 rings (SSSR count). The normalized spacial score (nSPS) is 19.6. The summed E-state index contributed by atoms with van der Waals surface area (Å²) in [6.45, 7) is 8.00. The second kappa shape index (κ2) is 13.3. The highest BCUT2D eigenvalue weighted by Crippen LogP contribution is 2.38. The molecule has 0 aromatic heterocycles. The summed E-state index contributed by atoms with van der Waals surface area (Å²) < 4.78 is 16.5. The summed E-state index contributed by atoms with van der Waals surface area (Å²) in [5.41, 5.74) is 1.95. The Hall–Kier alpha value is -3.76. The number of benzene rings is 2. The Morgan fingerprint density at radius 2 is 1.83 bits per heavy atom. The number of hydrogen-bond donors (Lipinski definition) is 1. The van der Waals surface area contributed by atoms with Gasteiger partial charge in [-0.15, -0.1) is 0 Å². The van der Waals surface area contributed by atoms with Crippen LogP contribution in [0.1, 0.15) is 42.7 Å². The number of piperazine rings is 1. The summed E-state index contributed by atoms with van der Waals surface area (Å²) in [5, 5.41) is 3.40. The lowest BCUT2D eigenvalue weighted by Gasteiger charge is -2.43. The van der Waals surface area contributed by atoms with Crippen molar-refractivity contribution in [2.75, 3.05) is 53.6 Å². The summed E-state index contributed by atoms with van der Waals surface area (Å²) in [4.78, 5) is 45.7. The number of likely N-dealkylation sites (N-methyl/N-ethyl adjacent to an activating group) is 1. The maximum absolute atomic E-state index is 13.5. The van der Waals surface area contributed by atoms with Crippen LogP contribution in [0.5, 0.6) is 11.5 Å². The van der Waals surface area contributed by atoms with Crippen LogP contribution in [0.3, 0.4) is 0 Å². The predicted molar refractivity (Wildman–Crippen MR) is 155 cm³/mol. The minimum atomic E-state index is -0.815. The van der Waals surface area contributed by atoms with Gasteiger partial charge < -0.3 is 24.4 Å². The second-order valence-electron chi connectivity index (χ2n) is 9.88. The number of carbonyl (C=O) groups excluding carboxylic acids is 3. The smallest absolute Gasteiger partial charge is 0.338 e. The summed E-state index contributed by atoms with van der Waals surface area (Å²) in [7, 11) is 3.09. The molecular formula is C30H37ClN4O6. The molecule has 11 heteroatoms. The number of halogens is 1. The molecule has 1 fully saturated rings. The van der Waals surface area contributed by atoms with Crippen molar-refractivity contribution >= 4 is 29.5 Å². The molecule has 0 spiro atoms. The molecule has 1 N–H and O–H groups in total. The molecule has 0 bridgehead atoms. The van der Waals surface area contributed by atoms with Gasteiger partial charge >= 0.3 is 12.0 Å². The Bertz CT molecular complexity index is 1330. The number of carbonyl (C=O) groups is 3. The van der Waals surface area contributed by atoms with Crippen LogP contribution in [-0.4, -0.2) is 92.2 Å². The SMILES string of the molecule is CCOC(=O)C1=C(CN2CCN(C(=O)c3ccccc3Cl)C(C)C2)N(CC)C(=O)NC1c1cc(OC)ccc1OC. The number of rotatable bonds is 9. The zero-order chi connectivity index (χ0) is 29.7. The first-order valence-electron chi connectivity index (χ1n) is 13.7. The third kappa shape index (κ3) is 6.28. The van der Waals surface area contributed by atoms with E-state index in [9.17, 15) is 14.4 Å². The summed E-state index contributed by atoms with van der Waals surface area (Å²) in [6.07, 6.45) is 0. The highest BCUT2D eigenvalue weighted by atomic mass is 35.5. The third-order valence-electron chi connectivity index (χ3n) is 7.45. The molecule has 0 radical (unpaired) electrons. The highest BCUT2D eigenvalue weighted by molar-refractivity contribution is 6.33. The van der Waals surface area contributed by atoms with Gasteiger partial charge in [0, 0.05) is 50.0 Å². The number of methoxy groups -OCH3 is 2. The van der Waals surface area contributed by atoms with Crippen LogP contribution in [0.4, 0.5) is 4.79 Å². The van der Waals surface area contributed by atoms with Gasteiger partial charge in [-0.3, -0.25) is 14.6 Å². The average molecular weight is 585 g/mol. The van der Waals surface area contributed by atoms with Gasteiger partial charge in [0.05, 0.1) is 43.0 Å². The maximum atomic E-state index is 13.5. The molecule has 2 atom stereocenters. The van der Waals surface area contributed by atoms with E-state index in [2.05, 4.69) is 10.2 Å². The number of nitrogens with zero attached hydrogens (tertiary/aromatic N) is 3. The van der Waals surface area contributed by atoms with Gasteiger partial charge in [-0.2, -0.15) is 0 Å². The largest absolute Gasteiger partial charge is 0.497 e. The van der Waals surface area contributed by atoms with E-state index in [4.69, 9.17) is 25.8 Å². The van der Waals surface area contributed by atoms with E-state index in [0.29, 0.717) is 71.6 Å².